The molecule has 16 heavy (non-hydrogen) atoms. The molecule has 0 aromatic rings. The lowest BCUT2D eigenvalue weighted by Gasteiger charge is -2.38. The van der Waals surface area contributed by atoms with E-state index in [9.17, 15) is 0 Å². The third-order valence-electron chi connectivity index (χ3n) is 3.61. The van der Waals surface area contributed by atoms with Crippen molar-refractivity contribution in [1.82, 2.24) is 10.2 Å². The van der Waals surface area contributed by atoms with Gasteiger partial charge in [0.2, 0.25) is 0 Å². The minimum Gasteiger partial charge on any atom is -0.379 e. The standard InChI is InChI=1S/C13H28N2O/c1-5-11(2)8-14-9-12(3)15-6-7-16-10-13(15)4/h11-14H,5-10H2,1-4H3. The summed E-state index contributed by atoms with van der Waals surface area (Å²) in [6, 6.07) is 1.18. The lowest BCUT2D eigenvalue weighted by Crippen LogP contribution is -2.51. The van der Waals surface area contributed by atoms with Crippen molar-refractivity contribution in [2.24, 2.45) is 5.92 Å². The van der Waals surface area contributed by atoms with Crippen molar-refractivity contribution in [2.45, 2.75) is 46.2 Å². The van der Waals surface area contributed by atoms with Gasteiger partial charge < -0.3 is 10.1 Å². The summed E-state index contributed by atoms with van der Waals surface area (Å²) in [6.45, 7) is 14.2. The molecule has 0 radical (unpaired) electrons. The van der Waals surface area contributed by atoms with Crippen molar-refractivity contribution in [3.8, 4) is 0 Å². The molecule has 0 bridgehead atoms. The first kappa shape index (κ1) is 13.9. The van der Waals surface area contributed by atoms with Gasteiger partial charge in [-0.25, -0.2) is 0 Å². The summed E-state index contributed by atoms with van der Waals surface area (Å²) in [5.74, 6) is 0.786. The van der Waals surface area contributed by atoms with E-state index >= 15 is 0 Å². The van der Waals surface area contributed by atoms with Gasteiger partial charge in [-0.3, -0.25) is 4.90 Å². The normalized spacial score (nSPS) is 26.6. The lowest BCUT2D eigenvalue weighted by atomic mass is 10.1. The summed E-state index contributed by atoms with van der Waals surface area (Å²) in [7, 11) is 0. The zero-order valence-corrected chi connectivity index (χ0v) is 11.3. The second kappa shape index (κ2) is 7.25. The molecule has 3 unspecified atom stereocenters. The van der Waals surface area contributed by atoms with E-state index < -0.39 is 0 Å². The first-order valence-electron chi connectivity index (χ1n) is 6.69. The molecule has 0 saturated carbocycles. The maximum Gasteiger partial charge on any atom is 0.0619 e. The van der Waals surface area contributed by atoms with Gasteiger partial charge in [0.25, 0.3) is 0 Å². The van der Waals surface area contributed by atoms with Gasteiger partial charge in [-0.1, -0.05) is 20.3 Å². The van der Waals surface area contributed by atoms with E-state index in [4.69, 9.17) is 4.74 Å². The van der Waals surface area contributed by atoms with Gasteiger partial charge in [0, 0.05) is 25.2 Å². The Kier molecular flexibility index (Phi) is 6.32. The summed E-state index contributed by atoms with van der Waals surface area (Å²) in [5, 5.41) is 3.57. The van der Waals surface area contributed by atoms with Gasteiger partial charge in [-0.05, 0) is 26.3 Å². The molecule has 1 saturated heterocycles. The Hall–Kier alpha value is -0.120. The Morgan fingerprint density at radius 3 is 2.75 bits per heavy atom. The van der Waals surface area contributed by atoms with Crippen molar-refractivity contribution >= 4 is 0 Å². The highest BCUT2D eigenvalue weighted by molar-refractivity contribution is 4.78. The van der Waals surface area contributed by atoms with Crippen molar-refractivity contribution in [3.63, 3.8) is 0 Å². The third kappa shape index (κ3) is 4.40. The zero-order valence-electron chi connectivity index (χ0n) is 11.3. The first-order valence-corrected chi connectivity index (χ1v) is 6.69. The Balaban J connectivity index is 2.20. The molecule has 1 aliphatic heterocycles. The maximum atomic E-state index is 5.46. The maximum absolute atomic E-state index is 5.46. The Morgan fingerprint density at radius 2 is 2.12 bits per heavy atom. The second-order valence-corrected chi connectivity index (χ2v) is 5.18. The van der Waals surface area contributed by atoms with E-state index in [0.717, 1.165) is 38.8 Å². The number of nitrogens with zero attached hydrogens (tertiary/aromatic N) is 1. The van der Waals surface area contributed by atoms with Gasteiger partial charge >= 0.3 is 0 Å². The number of hydrogen-bond acceptors (Lipinski definition) is 3. The van der Waals surface area contributed by atoms with Crippen molar-refractivity contribution < 1.29 is 4.74 Å². The summed E-state index contributed by atoms with van der Waals surface area (Å²) in [4.78, 5) is 2.55. The smallest absolute Gasteiger partial charge is 0.0619 e. The number of hydrogen-bond donors (Lipinski definition) is 1. The molecular weight excluding hydrogens is 200 g/mol. The molecular formula is C13H28N2O. The van der Waals surface area contributed by atoms with E-state index in [1.165, 1.54) is 6.42 Å². The van der Waals surface area contributed by atoms with Crippen LogP contribution in [-0.4, -0.2) is 49.8 Å². The van der Waals surface area contributed by atoms with Crippen LogP contribution in [0.3, 0.4) is 0 Å². The molecule has 0 aromatic carbocycles. The monoisotopic (exact) mass is 228 g/mol. The molecule has 1 N–H and O–H groups in total. The number of ether oxygens (including phenoxy) is 1. The van der Waals surface area contributed by atoms with E-state index in [-0.39, 0.29) is 0 Å². The van der Waals surface area contributed by atoms with Gasteiger partial charge in [-0.15, -0.1) is 0 Å². The second-order valence-electron chi connectivity index (χ2n) is 5.18. The molecule has 1 heterocycles. The lowest BCUT2D eigenvalue weighted by molar-refractivity contribution is -0.0181. The number of morpholine rings is 1. The topological polar surface area (TPSA) is 24.5 Å². The average molecular weight is 228 g/mol. The number of rotatable bonds is 6. The molecule has 3 heteroatoms. The molecule has 0 aromatic heterocycles. The van der Waals surface area contributed by atoms with Crippen LogP contribution < -0.4 is 5.32 Å². The molecule has 96 valence electrons. The minimum atomic E-state index is 0.564. The van der Waals surface area contributed by atoms with Crippen LogP contribution in [0.4, 0.5) is 0 Å². The highest BCUT2D eigenvalue weighted by Gasteiger charge is 2.23. The van der Waals surface area contributed by atoms with Gasteiger partial charge in [-0.2, -0.15) is 0 Å². The van der Waals surface area contributed by atoms with E-state index in [0.29, 0.717) is 12.1 Å². The van der Waals surface area contributed by atoms with E-state index in [2.05, 4.69) is 37.9 Å². The largest absolute Gasteiger partial charge is 0.379 e. The van der Waals surface area contributed by atoms with Crippen LogP contribution in [-0.2, 0) is 4.74 Å². The van der Waals surface area contributed by atoms with Crippen LogP contribution in [0.15, 0.2) is 0 Å². The van der Waals surface area contributed by atoms with Crippen molar-refractivity contribution in [3.05, 3.63) is 0 Å². The Labute approximate surface area is 101 Å². The van der Waals surface area contributed by atoms with Crippen LogP contribution in [0.2, 0.25) is 0 Å². The van der Waals surface area contributed by atoms with Gasteiger partial charge in [0.15, 0.2) is 0 Å². The molecule has 1 rings (SSSR count). The van der Waals surface area contributed by atoms with Crippen LogP contribution >= 0.6 is 0 Å². The summed E-state index contributed by atoms with van der Waals surface area (Å²) in [5.41, 5.74) is 0. The minimum absolute atomic E-state index is 0.564. The van der Waals surface area contributed by atoms with Crippen LogP contribution in [0.5, 0.6) is 0 Å². The molecule has 0 aliphatic carbocycles. The van der Waals surface area contributed by atoms with Crippen LogP contribution in [0, 0.1) is 5.92 Å². The fraction of sp³-hybridized carbons (Fsp3) is 1.00. The van der Waals surface area contributed by atoms with Crippen molar-refractivity contribution in [1.29, 1.82) is 0 Å². The predicted octanol–water partition coefficient (Wildman–Crippen LogP) is 1.73. The summed E-state index contributed by atoms with van der Waals surface area (Å²) < 4.78 is 5.46. The van der Waals surface area contributed by atoms with Crippen LogP contribution in [0.1, 0.15) is 34.1 Å². The zero-order chi connectivity index (χ0) is 12.0. The SMILES string of the molecule is CCC(C)CNCC(C)N1CCOCC1C. The average Bonchev–Trinajstić information content (AvgIpc) is 2.29. The highest BCUT2D eigenvalue weighted by Crippen LogP contribution is 2.10. The third-order valence-corrected chi connectivity index (χ3v) is 3.61. The van der Waals surface area contributed by atoms with Gasteiger partial charge in [0.1, 0.15) is 0 Å². The first-order chi connectivity index (χ1) is 7.65. The quantitative estimate of drug-likeness (QED) is 0.749. The summed E-state index contributed by atoms with van der Waals surface area (Å²) >= 11 is 0. The number of nitrogens with one attached hydrogen (secondary N) is 1. The Bertz CT molecular complexity index is 187. The fourth-order valence-corrected chi connectivity index (χ4v) is 2.19. The molecule has 0 spiro atoms. The van der Waals surface area contributed by atoms with Crippen LogP contribution in [0.25, 0.3) is 0 Å². The molecule has 1 fully saturated rings. The molecule has 0 amide bonds. The highest BCUT2D eigenvalue weighted by atomic mass is 16.5. The molecule has 3 nitrogen and oxygen atoms in total. The summed E-state index contributed by atoms with van der Waals surface area (Å²) in [6.07, 6.45) is 1.26. The molecule has 1 aliphatic rings. The molecule has 3 atom stereocenters. The predicted molar refractivity (Wildman–Crippen MR) is 68.8 cm³/mol. The van der Waals surface area contributed by atoms with E-state index in [1.807, 2.05) is 0 Å². The van der Waals surface area contributed by atoms with E-state index in [1.54, 1.807) is 0 Å². The van der Waals surface area contributed by atoms with Crippen molar-refractivity contribution in [2.75, 3.05) is 32.8 Å². The fourth-order valence-electron chi connectivity index (χ4n) is 2.19. The Morgan fingerprint density at radius 1 is 1.38 bits per heavy atom. The van der Waals surface area contributed by atoms with Gasteiger partial charge in [0.05, 0.1) is 13.2 Å².